The van der Waals surface area contributed by atoms with E-state index in [1.165, 1.54) is 0 Å². The number of rotatable bonds is 9. The van der Waals surface area contributed by atoms with Crippen LogP contribution in [0.4, 0.5) is 0 Å². The van der Waals surface area contributed by atoms with Gasteiger partial charge in [0.05, 0.1) is 0 Å². The molecule has 0 saturated heterocycles. The smallest absolute Gasteiger partial charge is 0.377 e. The van der Waals surface area contributed by atoms with E-state index < -0.39 is 8.80 Å². The fourth-order valence-electron chi connectivity index (χ4n) is 1.30. The maximum absolute atomic E-state index is 8.07. The van der Waals surface area contributed by atoms with Crippen LogP contribution in [-0.2, 0) is 13.3 Å². The molecular formula is C8H19N3O3Si. The summed E-state index contributed by atoms with van der Waals surface area (Å²) in [6.07, 6.45) is 2.85. The molecule has 0 aliphatic rings. The van der Waals surface area contributed by atoms with Crippen molar-refractivity contribution in [2.24, 2.45) is 5.11 Å². The van der Waals surface area contributed by atoms with Gasteiger partial charge in [-0.1, -0.05) is 11.5 Å². The van der Waals surface area contributed by atoms with Crippen LogP contribution in [0.3, 0.4) is 0 Å². The normalized spacial score (nSPS) is 11.1. The molecule has 0 aromatic heterocycles. The Labute approximate surface area is 91.5 Å². The van der Waals surface area contributed by atoms with E-state index in [0.717, 1.165) is 25.3 Å². The Morgan fingerprint density at radius 1 is 1.07 bits per heavy atom. The summed E-state index contributed by atoms with van der Waals surface area (Å²) in [5.74, 6) is 0. The van der Waals surface area contributed by atoms with Crippen molar-refractivity contribution in [2.45, 2.75) is 25.3 Å². The third-order valence-corrected chi connectivity index (χ3v) is 5.07. The fourth-order valence-corrected chi connectivity index (χ4v) is 3.10. The molecule has 0 bridgehead atoms. The quantitative estimate of drug-likeness (QED) is 0.202. The molecular weight excluding hydrogens is 214 g/mol. The lowest BCUT2D eigenvalue weighted by atomic mass is 10.2. The third kappa shape index (κ3) is 5.76. The van der Waals surface area contributed by atoms with Crippen LogP contribution in [0.2, 0.25) is 6.04 Å². The number of hydrogen-bond donors (Lipinski definition) is 0. The molecule has 0 aliphatic carbocycles. The molecule has 0 N–H and O–H groups in total. The average Bonchev–Trinajstić information content (AvgIpc) is 2.29. The van der Waals surface area contributed by atoms with E-state index in [9.17, 15) is 0 Å². The Kier molecular flexibility index (Phi) is 8.35. The van der Waals surface area contributed by atoms with Gasteiger partial charge >= 0.3 is 8.80 Å². The van der Waals surface area contributed by atoms with Gasteiger partial charge in [0, 0.05) is 38.8 Å². The lowest BCUT2D eigenvalue weighted by Crippen LogP contribution is -2.42. The van der Waals surface area contributed by atoms with Gasteiger partial charge in [-0.2, -0.15) is 0 Å². The molecule has 0 fully saturated rings. The van der Waals surface area contributed by atoms with Gasteiger partial charge in [0.1, 0.15) is 0 Å². The van der Waals surface area contributed by atoms with Crippen LogP contribution in [0.15, 0.2) is 5.11 Å². The molecule has 88 valence electrons. The maximum atomic E-state index is 8.07. The van der Waals surface area contributed by atoms with E-state index in [-0.39, 0.29) is 0 Å². The zero-order valence-electron chi connectivity index (χ0n) is 9.60. The summed E-state index contributed by atoms with van der Waals surface area (Å²) in [7, 11) is 2.44. The van der Waals surface area contributed by atoms with Gasteiger partial charge in [0.2, 0.25) is 0 Å². The summed E-state index contributed by atoms with van der Waals surface area (Å²) in [5, 5.41) is 3.46. The molecule has 7 heteroatoms. The second kappa shape index (κ2) is 8.69. The molecule has 0 saturated carbocycles. The standard InChI is InChI=1S/C8H19N3O3Si/c1-12-15(13-2,14-3)8-6-4-5-7-10-11-9/h4-8H2,1-3H3. The van der Waals surface area contributed by atoms with Gasteiger partial charge in [-0.25, -0.2) is 0 Å². The highest BCUT2D eigenvalue weighted by Gasteiger charge is 2.36. The monoisotopic (exact) mass is 233 g/mol. The Hall–Kier alpha value is -0.593. The van der Waals surface area contributed by atoms with Crippen molar-refractivity contribution in [2.75, 3.05) is 27.9 Å². The Morgan fingerprint density at radius 2 is 1.67 bits per heavy atom. The van der Waals surface area contributed by atoms with Crippen LogP contribution in [0.25, 0.3) is 10.4 Å². The number of azide groups is 1. The highest BCUT2D eigenvalue weighted by Crippen LogP contribution is 2.16. The number of unbranched alkanes of at least 4 members (excludes halogenated alkanes) is 2. The first kappa shape index (κ1) is 14.4. The minimum absolute atomic E-state index is 0.554. The van der Waals surface area contributed by atoms with Crippen molar-refractivity contribution >= 4 is 8.80 Å². The first-order valence-electron chi connectivity index (χ1n) is 4.91. The molecule has 0 heterocycles. The van der Waals surface area contributed by atoms with Crippen molar-refractivity contribution in [1.82, 2.24) is 0 Å². The highest BCUT2D eigenvalue weighted by molar-refractivity contribution is 6.60. The van der Waals surface area contributed by atoms with Crippen molar-refractivity contribution in [1.29, 1.82) is 0 Å². The minimum Gasteiger partial charge on any atom is -0.377 e. The minimum atomic E-state index is -2.39. The molecule has 0 atom stereocenters. The Balaban J connectivity index is 3.66. The van der Waals surface area contributed by atoms with E-state index in [4.69, 9.17) is 18.8 Å². The van der Waals surface area contributed by atoms with Gasteiger partial charge in [-0.05, 0) is 18.4 Å². The first-order chi connectivity index (χ1) is 7.24. The molecule has 0 radical (unpaired) electrons. The SMILES string of the molecule is CO[Si](CCCCCN=[N+]=[N-])(OC)OC. The van der Waals surface area contributed by atoms with E-state index >= 15 is 0 Å². The summed E-state index contributed by atoms with van der Waals surface area (Å²) in [6.45, 7) is 0.554. The Bertz CT molecular complexity index is 197. The topological polar surface area (TPSA) is 76.5 Å². The lowest BCUT2D eigenvalue weighted by molar-refractivity contribution is 0.122. The molecule has 0 aromatic carbocycles. The zero-order chi connectivity index (χ0) is 11.6. The van der Waals surface area contributed by atoms with Gasteiger partial charge in [-0.3, -0.25) is 0 Å². The van der Waals surface area contributed by atoms with Crippen LogP contribution in [0.5, 0.6) is 0 Å². The second-order valence-corrected chi connectivity index (χ2v) is 6.15. The van der Waals surface area contributed by atoms with Crippen molar-refractivity contribution in [3.05, 3.63) is 10.4 Å². The summed E-state index contributed by atoms with van der Waals surface area (Å²) in [6, 6.07) is 0.798. The van der Waals surface area contributed by atoms with Gasteiger partial charge in [0.15, 0.2) is 0 Å². The molecule has 0 aromatic rings. The molecule has 0 unspecified atom stereocenters. The predicted molar refractivity (Wildman–Crippen MR) is 59.5 cm³/mol. The Morgan fingerprint density at radius 3 is 2.13 bits per heavy atom. The largest absolute Gasteiger partial charge is 0.500 e. The van der Waals surface area contributed by atoms with Gasteiger partial charge in [0.25, 0.3) is 0 Å². The van der Waals surface area contributed by atoms with Gasteiger partial charge < -0.3 is 13.3 Å². The third-order valence-electron chi connectivity index (χ3n) is 2.24. The first-order valence-corrected chi connectivity index (χ1v) is 6.84. The lowest BCUT2D eigenvalue weighted by Gasteiger charge is -2.24. The summed E-state index contributed by atoms with van der Waals surface area (Å²) in [4.78, 5) is 2.69. The van der Waals surface area contributed by atoms with Gasteiger partial charge in [-0.15, -0.1) is 0 Å². The molecule has 0 aliphatic heterocycles. The van der Waals surface area contributed by atoms with Crippen molar-refractivity contribution in [3.63, 3.8) is 0 Å². The van der Waals surface area contributed by atoms with Crippen LogP contribution < -0.4 is 0 Å². The summed E-state index contributed by atoms with van der Waals surface area (Å²) >= 11 is 0. The zero-order valence-corrected chi connectivity index (χ0v) is 10.6. The van der Waals surface area contributed by atoms with E-state index in [1.807, 2.05) is 0 Å². The summed E-state index contributed by atoms with van der Waals surface area (Å²) < 4.78 is 15.8. The number of hydrogen-bond acceptors (Lipinski definition) is 4. The van der Waals surface area contributed by atoms with Crippen LogP contribution in [0, 0.1) is 0 Å². The molecule has 0 spiro atoms. The van der Waals surface area contributed by atoms with E-state index in [1.54, 1.807) is 21.3 Å². The van der Waals surface area contributed by atoms with Crippen LogP contribution in [0.1, 0.15) is 19.3 Å². The second-order valence-electron chi connectivity index (χ2n) is 3.06. The average molecular weight is 233 g/mol. The fraction of sp³-hybridized carbons (Fsp3) is 1.00. The van der Waals surface area contributed by atoms with Crippen molar-refractivity contribution in [3.8, 4) is 0 Å². The van der Waals surface area contributed by atoms with Crippen LogP contribution in [-0.4, -0.2) is 36.7 Å². The van der Waals surface area contributed by atoms with E-state index in [2.05, 4.69) is 10.0 Å². The van der Waals surface area contributed by atoms with E-state index in [0.29, 0.717) is 6.54 Å². The highest BCUT2D eigenvalue weighted by atomic mass is 28.4. The number of nitrogens with zero attached hydrogens (tertiary/aromatic N) is 3. The summed E-state index contributed by atoms with van der Waals surface area (Å²) in [5.41, 5.74) is 8.07. The molecule has 0 rings (SSSR count). The predicted octanol–water partition coefficient (Wildman–Crippen LogP) is 2.35. The molecule has 15 heavy (non-hydrogen) atoms. The molecule has 0 amide bonds. The van der Waals surface area contributed by atoms with Crippen molar-refractivity contribution < 1.29 is 13.3 Å². The molecule has 6 nitrogen and oxygen atoms in total. The van der Waals surface area contributed by atoms with Crippen LogP contribution >= 0.6 is 0 Å². The maximum Gasteiger partial charge on any atom is 0.500 e.